The van der Waals surface area contributed by atoms with Crippen molar-refractivity contribution in [3.8, 4) is 44.5 Å². The normalized spacial score (nSPS) is 14.0. The van der Waals surface area contributed by atoms with Crippen molar-refractivity contribution in [3.05, 3.63) is 205 Å². The minimum atomic E-state index is -0.235. The highest BCUT2D eigenvalue weighted by atomic mass is 15.2. The van der Waals surface area contributed by atoms with Crippen LogP contribution in [0.25, 0.3) is 44.5 Å². The summed E-state index contributed by atoms with van der Waals surface area (Å²) in [5.74, 6) is 1.53. The van der Waals surface area contributed by atoms with Gasteiger partial charge in [-0.2, -0.15) is 0 Å². The van der Waals surface area contributed by atoms with Gasteiger partial charge in [0.15, 0.2) is 5.84 Å². The second-order valence-electron chi connectivity index (χ2n) is 11.9. The lowest BCUT2D eigenvalue weighted by Gasteiger charge is -2.24. The second-order valence-corrected chi connectivity index (χ2v) is 11.9. The molecule has 0 fully saturated rings. The standard InChI is InChI=1S/C45H33N3/c1-4-14-32(15-5-1)35-20-10-21-36(28-35)37-22-11-23-38(29-37)39-24-12-25-40(30-39)41-26-13-27-42(31-41)45-47-43(33-16-6-2-7-17-33)46-44(48-45)34-18-8-3-9-19-34/h1-31,43H,(H,46,47,48). The highest BCUT2D eigenvalue weighted by molar-refractivity contribution is 6.13. The van der Waals surface area contributed by atoms with Gasteiger partial charge in [-0.3, -0.25) is 0 Å². The Bertz CT molecular complexity index is 2250. The van der Waals surface area contributed by atoms with Gasteiger partial charge in [-0.1, -0.05) is 164 Å². The molecule has 1 atom stereocenters. The van der Waals surface area contributed by atoms with Crippen LogP contribution < -0.4 is 5.32 Å². The van der Waals surface area contributed by atoms with Crippen LogP contribution in [-0.4, -0.2) is 11.7 Å². The molecule has 0 aromatic heterocycles. The highest BCUT2D eigenvalue weighted by Crippen LogP contribution is 2.32. The topological polar surface area (TPSA) is 36.8 Å². The molecule has 0 amide bonds. The first kappa shape index (κ1) is 29.1. The number of nitrogens with one attached hydrogen (secondary N) is 1. The second kappa shape index (κ2) is 13.2. The van der Waals surface area contributed by atoms with Gasteiger partial charge in [-0.05, 0) is 74.3 Å². The Labute approximate surface area is 281 Å². The van der Waals surface area contributed by atoms with Crippen molar-refractivity contribution in [2.45, 2.75) is 6.17 Å². The third-order valence-corrected chi connectivity index (χ3v) is 8.72. The molecule has 228 valence electrons. The van der Waals surface area contributed by atoms with E-state index in [0.29, 0.717) is 0 Å². The van der Waals surface area contributed by atoms with E-state index in [2.05, 4.69) is 157 Å². The molecule has 0 aliphatic carbocycles. The lowest BCUT2D eigenvalue weighted by atomic mass is 9.94. The Balaban J connectivity index is 1.11. The number of benzene rings is 7. The van der Waals surface area contributed by atoms with Crippen LogP contribution in [0.2, 0.25) is 0 Å². The highest BCUT2D eigenvalue weighted by Gasteiger charge is 2.21. The summed E-state index contributed by atoms with van der Waals surface area (Å²) in [6.45, 7) is 0. The number of rotatable bonds is 7. The minimum absolute atomic E-state index is 0.235. The van der Waals surface area contributed by atoms with E-state index in [4.69, 9.17) is 9.98 Å². The molecule has 1 N–H and O–H groups in total. The van der Waals surface area contributed by atoms with Crippen molar-refractivity contribution in [1.29, 1.82) is 0 Å². The zero-order valence-corrected chi connectivity index (χ0v) is 26.4. The first-order valence-corrected chi connectivity index (χ1v) is 16.3. The molecule has 48 heavy (non-hydrogen) atoms. The summed E-state index contributed by atoms with van der Waals surface area (Å²) in [6.07, 6.45) is -0.235. The SMILES string of the molecule is c1ccc(C2=NC(c3ccccc3)NC(c3cccc(-c4cccc(-c5cccc(-c6cccc(-c7ccccc7)c6)c5)c4)c3)=N2)cc1. The van der Waals surface area contributed by atoms with E-state index < -0.39 is 0 Å². The summed E-state index contributed by atoms with van der Waals surface area (Å²) in [6, 6.07) is 66.0. The molecule has 0 saturated heterocycles. The average molecular weight is 616 g/mol. The molecule has 1 aliphatic rings. The van der Waals surface area contributed by atoms with E-state index in [1.165, 1.54) is 33.4 Å². The van der Waals surface area contributed by atoms with Crippen LogP contribution in [-0.2, 0) is 0 Å². The Morgan fingerprint density at radius 1 is 0.333 bits per heavy atom. The zero-order valence-electron chi connectivity index (χ0n) is 26.4. The molecule has 0 saturated carbocycles. The molecule has 1 unspecified atom stereocenters. The van der Waals surface area contributed by atoms with Crippen molar-refractivity contribution in [2.75, 3.05) is 0 Å². The minimum Gasteiger partial charge on any atom is -0.344 e. The first-order chi connectivity index (χ1) is 23.8. The van der Waals surface area contributed by atoms with Gasteiger partial charge in [0.25, 0.3) is 0 Å². The first-order valence-electron chi connectivity index (χ1n) is 16.3. The van der Waals surface area contributed by atoms with Crippen LogP contribution in [0.4, 0.5) is 0 Å². The molecule has 7 aromatic rings. The maximum atomic E-state index is 5.02. The van der Waals surface area contributed by atoms with Gasteiger partial charge in [0, 0.05) is 11.1 Å². The van der Waals surface area contributed by atoms with Gasteiger partial charge >= 0.3 is 0 Å². The summed E-state index contributed by atoms with van der Waals surface area (Å²) in [5, 5.41) is 3.60. The summed E-state index contributed by atoms with van der Waals surface area (Å²) in [7, 11) is 0. The van der Waals surface area contributed by atoms with E-state index in [-0.39, 0.29) is 6.17 Å². The maximum Gasteiger partial charge on any atom is 0.159 e. The third-order valence-electron chi connectivity index (χ3n) is 8.72. The lowest BCUT2D eigenvalue weighted by Crippen LogP contribution is -2.33. The van der Waals surface area contributed by atoms with Crippen molar-refractivity contribution in [3.63, 3.8) is 0 Å². The molecular formula is C45H33N3. The van der Waals surface area contributed by atoms with Crippen LogP contribution in [0.15, 0.2) is 198 Å². The number of amidine groups is 2. The van der Waals surface area contributed by atoms with Crippen molar-refractivity contribution < 1.29 is 0 Å². The molecule has 1 heterocycles. The lowest BCUT2D eigenvalue weighted by molar-refractivity contribution is 0.674. The Kier molecular flexibility index (Phi) is 8.00. The molecule has 7 aromatic carbocycles. The Morgan fingerprint density at radius 2 is 0.688 bits per heavy atom. The molecule has 3 heteroatoms. The number of aliphatic imine (C=N–C) groups is 2. The molecule has 0 bridgehead atoms. The number of nitrogens with zero attached hydrogens (tertiary/aromatic N) is 2. The van der Waals surface area contributed by atoms with Crippen molar-refractivity contribution in [2.24, 2.45) is 9.98 Å². The Hall–Kier alpha value is -6.32. The summed E-state index contributed by atoms with van der Waals surface area (Å²) < 4.78 is 0. The van der Waals surface area contributed by atoms with Gasteiger partial charge in [0.05, 0.1) is 0 Å². The zero-order chi connectivity index (χ0) is 32.1. The molecule has 0 radical (unpaired) electrons. The smallest absolute Gasteiger partial charge is 0.159 e. The molecular weight excluding hydrogens is 583 g/mol. The summed E-state index contributed by atoms with van der Waals surface area (Å²) >= 11 is 0. The van der Waals surface area contributed by atoms with Gasteiger partial charge in [0.1, 0.15) is 12.0 Å². The quantitative estimate of drug-likeness (QED) is 0.190. The predicted molar refractivity (Wildman–Crippen MR) is 200 cm³/mol. The fourth-order valence-electron chi connectivity index (χ4n) is 6.23. The largest absolute Gasteiger partial charge is 0.344 e. The van der Waals surface area contributed by atoms with Crippen molar-refractivity contribution >= 4 is 11.7 Å². The van der Waals surface area contributed by atoms with E-state index in [9.17, 15) is 0 Å². The van der Waals surface area contributed by atoms with Gasteiger partial charge < -0.3 is 5.32 Å². The van der Waals surface area contributed by atoms with E-state index in [0.717, 1.165) is 39.5 Å². The van der Waals surface area contributed by atoms with Gasteiger partial charge in [-0.15, -0.1) is 0 Å². The van der Waals surface area contributed by atoms with Crippen LogP contribution in [0.1, 0.15) is 22.9 Å². The predicted octanol–water partition coefficient (Wildman–Crippen LogP) is 10.8. The third kappa shape index (κ3) is 6.22. The van der Waals surface area contributed by atoms with Crippen LogP contribution in [0, 0.1) is 0 Å². The summed E-state index contributed by atoms with van der Waals surface area (Å²) in [4.78, 5) is 10.0. The van der Waals surface area contributed by atoms with Crippen LogP contribution >= 0.6 is 0 Å². The Morgan fingerprint density at radius 3 is 1.17 bits per heavy atom. The molecule has 1 aliphatic heterocycles. The van der Waals surface area contributed by atoms with E-state index in [1.54, 1.807) is 0 Å². The van der Waals surface area contributed by atoms with E-state index >= 15 is 0 Å². The molecule has 8 rings (SSSR count). The monoisotopic (exact) mass is 615 g/mol. The maximum absolute atomic E-state index is 5.02. The fraction of sp³-hybridized carbons (Fsp3) is 0.0222. The van der Waals surface area contributed by atoms with Crippen LogP contribution in [0.3, 0.4) is 0 Å². The summed E-state index contributed by atoms with van der Waals surface area (Å²) in [5.41, 5.74) is 12.6. The fourth-order valence-corrected chi connectivity index (χ4v) is 6.23. The van der Waals surface area contributed by atoms with Crippen LogP contribution in [0.5, 0.6) is 0 Å². The molecule has 3 nitrogen and oxygen atoms in total. The number of hydrogen-bond donors (Lipinski definition) is 1. The number of hydrogen-bond acceptors (Lipinski definition) is 3. The van der Waals surface area contributed by atoms with Crippen molar-refractivity contribution in [1.82, 2.24) is 5.32 Å². The van der Waals surface area contributed by atoms with Gasteiger partial charge in [-0.25, -0.2) is 9.98 Å². The average Bonchev–Trinajstić information content (AvgIpc) is 3.19. The van der Waals surface area contributed by atoms with Gasteiger partial charge in [0.2, 0.25) is 0 Å². The molecule has 0 spiro atoms. The van der Waals surface area contributed by atoms with E-state index in [1.807, 2.05) is 36.4 Å².